The zero-order valence-electron chi connectivity index (χ0n) is 7.37. The maximum absolute atomic E-state index is 9.59. The second-order valence-corrected chi connectivity index (χ2v) is 3.83. The molecule has 5 heteroatoms. The summed E-state index contributed by atoms with van der Waals surface area (Å²) in [6.07, 6.45) is -0.682. The highest BCUT2D eigenvalue weighted by atomic mass is 79.9. The first kappa shape index (κ1) is 9.76. The van der Waals surface area contributed by atoms with Crippen LogP contribution in [-0.4, -0.2) is 18.4 Å². The lowest BCUT2D eigenvalue weighted by molar-refractivity contribution is 0.172. The molecule has 1 unspecified atom stereocenters. The van der Waals surface area contributed by atoms with Crippen molar-refractivity contribution in [1.82, 2.24) is 0 Å². The molecule has 0 aromatic heterocycles. The van der Waals surface area contributed by atoms with Crippen LogP contribution in [-0.2, 0) is 0 Å². The third-order valence-electron chi connectivity index (χ3n) is 2.07. The molecule has 1 atom stereocenters. The third kappa shape index (κ3) is 1.58. The summed E-state index contributed by atoms with van der Waals surface area (Å²) in [6, 6.07) is 3.51. The van der Waals surface area contributed by atoms with E-state index in [1.807, 2.05) is 0 Å². The number of rotatable bonds is 2. The summed E-state index contributed by atoms with van der Waals surface area (Å²) < 4.78 is 11.2. The van der Waals surface area contributed by atoms with Crippen LogP contribution in [0.15, 0.2) is 16.6 Å². The maximum atomic E-state index is 9.59. The molecule has 1 aromatic rings. The van der Waals surface area contributed by atoms with E-state index in [0.717, 1.165) is 10.0 Å². The standard InChI is InChI=1S/C9H10BrNO3/c10-6-2-9-8(13-4-14-9)1-5(6)7(12)3-11/h1-2,7,12H,3-4,11H2. The largest absolute Gasteiger partial charge is 0.454 e. The van der Waals surface area contributed by atoms with Crippen LogP contribution in [0.2, 0.25) is 0 Å². The molecule has 3 N–H and O–H groups in total. The fraction of sp³-hybridized carbons (Fsp3) is 0.333. The van der Waals surface area contributed by atoms with E-state index in [-0.39, 0.29) is 13.3 Å². The SMILES string of the molecule is NCC(O)c1cc2c(cc1Br)OCO2. The first-order valence-corrected chi connectivity index (χ1v) is 4.99. The second-order valence-electron chi connectivity index (χ2n) is 2.98. The Labute approximate surface area is 89.7 Å². The summed E-state index contributed by atoms with van der Waals surface area (Å²) in [6.45, 7) is 0.405. The second kappa shape index (κ2) is 3.76. The van der Waals surface area contributed by atoms with E-state index in [1.165, 1.54) is 0 Å². The molecule has 1 aliphatic rings. The van der Waals surface area contributed by atoms with Crippen molar-refractivity contribution in [2.45, 2.75) is 6.10 Å². The van der Waals surface area contributed by atoms with E-state index in [2.05, 4.69) is 15.9 Å². The van der Waals surface area contributed by atoms with Gasteiger partial charge in [-0.05, 0) is 17.7 Å². The van der Waals surface area contributed by atoms with Crippen LogP contribution in [0, 0.1) is 0 Å². The lowest BCUT2D eigenvalue weighted by Crippen LogP contribution is -2.11. The van der Waals surface area contributed by atoms with Gasteiger partial charge in [0.05, 0.1) is 6.10 Å². The number of aliphatic hydroxyl groups excluding tert-OH is 1. The molecule has 4 nitrogen and oxygen atoms in total. The van der Waals surface area contributed by atoms with Gasteiger partial charge in [-0.1, -0.05) is 15.9 Å². The molecule has 0 saturated heterocycles. The number of aliphatic hydroxyl groups is 1. The van der Waals surface area contributed by atoms with Crippen molar-refractivity contribution in [1.29, 1.82) is 0 Å². The minimum Gasteiger partial charge on any atom is -0.454 e. The molecule has 0 bridgehead atoms. The van der Waals surface area contributed by atoms with Gasteiger partial charge in [0.2, 0.25) is 6.79 Å². The monoisotopic (exact) mass is 259 g/mol. The fourth-order valence-electron chi connectivity index (χ4n) is 1.32. The summed E-state index contributed by atoms with van der Waals surface area (Å²) in [5, 5.41) is 9.59. The Balaban J connectivity index is 2.42. The lowest BCUT2D eigenvalue weighted by atomic mass is 10.1. The van der Waals surface area contributed by atoms with E-state index in [4.69, 9.17) is 15.2 Å². The van der Waals surface area contributed by atoms with Crippen LogP contribution < -0.4 is 15.2 Å². The minimum absolute atomic E-state index is 0.179. The molecule has 1 aliphatic heterocycles. The number of ether oxygens (including phenoxy) is 2. The number of halogens is 1. The zero-order chi connectivity index (χ0) is 10.1. The summed E-state index contributed by atoms with van der Waals surface area (Å²) >= 11 is 3.34. The average molecular weight is 260 g/mol. The van der Waals surface area contributed by atoms with Gasteiger partial charge < -0.3 is 20.3 Å². The van der Waals surface area contributed by atoms with Crippen LogP contribution in [0.5, 0.6) is 11.5 Å². The Morgan fingerprint density at radius 3 is 2.71 bits per heavy atom. The molecule has 0 fully saturated rings. The molecule has 0 spiro atoms. The van der Waals surface area contributed by atoms with E-state index in [9.17, 15) is 5.11 Å². The van der Waals surface area contributed by atoms with Crippen molar-refractivity contribution in [2.75, 3.05) is 13.3 Å². The first-order chi connectivity index (χ1) is 6.72. The van der Waals surface area contributed by atoms with Gasteiger partial charge in [-0.2, -0.15) is 0 Å². The number of benzene rings is 1. The van der Waals surface area contributed by atoms with E-state index in [0.29, 0.717) is 11.5 Å². The molecule has 1 aromatic carbocycles. The third-order valence-corrected chi connectivity index (χ3v) is 2.76. The fourth-order valence-corrected chi connectivity index (χ4v) is 1.90. The Morgan fingerprint density at radius 1 is 1.43 bits per heavy atom. The molecule has 0 aliphatic carbocycles. The summed E-state index contributed by atoms with van der Waals surface area (Å²) in [5.41, 5.74) is 6.09. The van der Waals surface area contributed by atoms with Gasteiger partial charge in [-0.15, -0.1) is 0 Å². The highest BCUT2D eigenvalue weighted by Crippen LogP contribution is 2.38. The normalized spacial score (nSPS) is 15.6. The molecule has 76 valence electrons. The summed E-state index contributed by atoms with van der Waals surface area (Å²) in [4.78, 5) is 0. The zero-order valence-corrected chi connectivity index (χ0v) is 8.95. The van der Waals surface area contributed by atoms with E-state index >= 15 is 0 Å². The summed E-state index contributed by atoms with van der Waals surface area (Å²) in [5.74, 6) is 1.33. The minimum atomic E-state index is -0.682. The van der Waals surface area contributed by atoms with E-state index < -0.39 is 6.10 Å². The topological polar surface area (TPSA) is 64.7 Å². The van der Waals surface area contributed by atoms with Crippen molar-refractivity contribution in [3.8, 4) is 11.5 Å². The number of fused-ring (bicyclic) bond motifs is 1. The van der Waals surface area contributed by atoms with Crippen LogP contribution in [0.1, 0.15) is 11.7 Å². The highest BCUT2D eigenvalue weighted by Gasteiger charge is 2.19. The molecule has 0 radical (unpaired) electrons. The van der Waals surface area contributed by atoms with Crippen LogP contribution >= 0.6 is 15.9 Å². The van der Waals surface area contributed by atoms with Gasteiger partial charge in [0.25, 0.3) is 0 Å². The van der Waals surface area contributed by atoms with E-state index in [1.54, 1.807) is 12.1 Å². The Hall–Kier alpha value is -0.780. The Morgan fingerprint density at radius 2 is 2.07 bits per heavy atom. The van der Waals surface area contributed by atoms with Crippen LogP contribution in [0.3, 0.4) is 0 Å². The van der Waals surface area contributed by atoms with Gasteiger partial charge >= 0.3 is 0 Å². The Kier molecular flexibility index (Phi) is 2.62. The van der Waals surface area contributed by atoms with Gasteiger partial charge in [0, 0.05) is 11.0 Å². The predicted molar refractivity (Wildman–Crippen MR) is 54.3 cm³/mol. The number of hydrogen-bond donors (Lipinski definition) is 2. The average Bonchev–Trinajstić information content (AvgIpc) is 2.62. The molecular weight excluding hydrogens is 250 g/mol. The van der Waals surface area contributed by atoms with Crippen LogP contribution in [0.25, 0.3) is 0 Å². The van der Waals surface area contributed by atoms with Gasteiger partial charge in [0.1, 0.15) is 0 Å². The molecule has 0 amide bonds. The Bertz CT molecular complexity index is 356. The number of nitrogens with two attached hydrogens (primary N) is 1. The predicted octanol–water partition coefficient (Wildman–Crippen LogP) is 1.17. The molecular formula is C9H10BrNO3. The molecule has 14 heavy (non-hydrogen) atoms. The smallest absolute Gasteiger partial charge is 0.231 e. The summed E-state index contributed by atoms with van der Waals surface area (Å²) in [7, 11) is 0. The number of hydrogen-bond acceptors (Lipinski definition) is 4. The lowest BCUT2D eigenvalue weighted by Gasteiger charge is -2.11. The quantitative estimate of drug-likeness (QED) is 0.837. The van der Waals surface area contributed by atoms with Crippen molar-refractivity contribution in [3.05, 3.63) is 22.2 Å². The maximum Gasteiger partial charge on any atom is 0.231 e. The highest BCUT2D eigenvalue weighted by molar-refractivity contribution is 9.10. The van der Waals surface area contributed by atoms with Crippen molar-refractivity contribution in [3.63, 3.8) is 0 Å². The molecule has 2 rings (SSSR count). The van der Waals surface area contributed by atoms with Crippen LogP contribution in [0.4, 0.5) is 0 Å². The van der Waals surface area contributed by atoms with Crippen molar-refractivity contribution < 1.29 is 14.6 Å². The van der Waals surface area contributed by atoms with Crippen molar-refractivity contribution in [2.24, 2.45) is 5.73 Å². The van der Waals surface area contributed by atoms with Gasteiger partial charge in [-0.25, -0.2) is 0 Å². The van der Waals surface area contributed by atoms with Crippen molar-refractivity contribution >= 4 is 15.9 Å². The molecule has 1 heterocycles. The van der Waals surface area contributed by atoms with Gasteiger partial charge in [0.15, 0.2) is 11.5 Å². The molecule has 0 saturated carbocycles. The van der Waals surface area contributed by atoms with Gasteiger partial charge in [-0.3, -0.25) is 0 Å². The first-order valence-electron chi connectivity index (χ1n) is 4.19.